The molecule has 2 aromatic rings. The van der Waals surface area contributed by atoms with Crippen molar-refractivity contribution in [2.24, 2.45) is 0 Å². The summed E-state index contributed by atoms with van der Waals surface area (Å²) in [7, 11) is 0. The molecule has 104 valence electrons. The zero-order valence-electron chi connectivity index (χ0n) is 11.2. The molecule has 0 fully saturated rings. The van der Waals surface area contributed by atoms with E-state index in [1.54, 1.807) is 6.07 Å². The molecule has 0 radical (unpaired) electrons. The number of hydrogen-bond acceptors (Lipinski definition) is 3. The van der Waals surface area contributed by atoms with Gasteiger partial charge in [0.25, 0.3) is 0 Å². The fraction of sp³-hybridized carbons (Fsp3) is 0.250. The van der Waals surface area contributed by atoms with Gasteiger partial charge in [-0.05, 0) is 48.9 Å². The summed E-state index contributed by atoms with van der Waals surface area (Å²) in [6.07, 6.45) is 0.589. The van der Waals surface area contributed by atoms with Crippen LogP contribution in [0.5, 0.6) is 11.5 Å². The van der Waals surface area contributed by atoms with Crippen LogP contribution in [-0.4, -0.2) is 12.7 Å². The van der Waals surface area contributed by atoms with E-state index in [1.165, 1.54) is 12.1 Å². The van der Waals surface area contributed by atoms with E-state index in [2.05, 4.69) is 0 Å². The van der Waals surface area contributed by atoms with E-state index in [4.69, 9.17) is 15.2 Å². The van der Waals surface area contributed by atoms with E-state index < -0.39 is 0 Å². The summed E-state index contributed by atoms with van der Waals surface area (Å²) in [6.45, 7) is 2.37. The van der Waals surface area contributed by atoms with E-state index in [-0.39, 0.29) is 11.9 Å². The van der Waals surface area contributed by atoms with E-state index >= 15 is 0 Å². The molecule has 3 rings (SSSR count). The highest BCUT2D eigenvalue weighted by atomic mass is 19.1. The van der Waals surface area contributed by atoms with Crippen LogP contribution in [0.2, 0.25) is 0 Å². The highest BCUT2D eigenvalue weighted by Crippen LogP contribution is 2.29. The van der Waals surface area contributed by atoms with Crippen molar-refractivity contribution >= 4 is 5.69 Å². The molecule has 20 heavy (non-hydrogen) atoms. The maximum atomic E-state index is 13.1. The minimum atomic E-state index is -0.233. The summed E-state index contributed by atoms with van der Waals surface area (Å²) in [5, 5.41) is 0. The highest BCUT2D eigenvalue weighted by molar-refractivity contribution is 5.49. The third-order valence-corrected chi connectivity index (χ3v) is 3.44. The van der Waals surface area contributed by atoms with E-state index in [0.29, 0.717) is 13.0 Å². The van der Waals surface area contributed by atoms with Crippen LogP contribution in [0.25, 0.3) is 0 Å². The van der Waals surface area contributed by atoms with Gasteiger partial charge in [-0.2, -0.15) is 0 Å². The van der Waals surface area contributed by atoms with E-state index in [1.807, 2.05) is 25.1 Å². The highest BCUT2D eigenvalue weighted by Gasteiger charge is 2.23. The molecule has 2 aromatic carbocycles. The van der Waals surface area contributed by atoms with E-state index in [0.717, 1.165) is 28.3 Å². The number of hydrogen-bond donors (Lipinski definition) is 1. The quantitative estimate of drug-likeness (QED) is 0.874. The summed E-state index contributed by atoms with van der Waals surface area (Å²) < 4.78 is 24.6. The van der Waals surface area contributed by atoms with Gasteiger partial charge < -0.3 is 15.2 Å². The Bertz CT molecular complexity index is 642. The molecular weight excluding hydrogens is 257 g/mol. The average molecular weight is 273 g/mol. The Morgan fingerprint density at radius 2 is 2.15 bits per heavy atom. The van der Waals surface area contributed by atoms with Gasteiger partial charge in [0.15, 0.2) is 0 Å². The summed E-state index contributed by atoms with van der Waals surface area (Å²) in [6, 6.07) is 10.2. The smallest absolute Gasteiger partial charge is 0.137 e. The number of aryl methyl sites for hydroxylation is 1. The molecular formula is C16H16FNO2. The van der Waals surface area contributed by atoms with Crippen LogP contribution in [0, 0.1) is 12.7 Å². The molecule has 0 saturated carbocycles. The van der Waals surface area contributed by atoms with Crippen LogP contribution in [0.3, 0.4) is 0 Å². The molecule has 0 bridgehead atoms. The lowest BCUT2D eigenvalue weighted by molar-refractivity contribution is 0.148. The van der Waals surface area contributed by atoms with Gasteiger partial charge in [-0.1, -0.05) is 0 Å². The first-order valence-electron chi connectivity index (χ1n) is 6.56. The Labute approximate surface area is 117 Å². The Morgan fingerprint density at radius 1 is 1.30 bits per heavy atom. The predicted octanol–water partition coefficient (Wildman–Crippen LogP) is 3.10. The van der Waals surface area contributed by atoms with Crippen LogP contribution in [0.1, 0.15) is 11.1 Å². The van der Waals surface area contributed by atoms with Gasteiger partial charge in [0.05, 0.1) is 0 Å². The molecule has 1 aliphatic heterocycles. The topological polar surface area (TPSA) is 44.5 Å². The molecule has 1 heterocycles. The van der Waals surface area contributed by atoms with Crippen LogP contribution < -0.4 is 15.2 Å². The lowest BCUT2D eigenvalue weighted by atomic mass is 10.1. The lowest BCUT2D eigenvalue weighted by Gasteiger charge is -2.13. The monoisotopic (exact) mass is 273 g/mol. The zero-order chi connectivity index (χ0) is 14.1. The van der Waals surface area contributed by atoms with Crippen LogP contribution in [0.15, 0.2) is 36.4 Å². The SMILES string of the molecule is Cc1cc(OCC2Cc3cc(F)ccc3O2)ccc1N. The summed E-state index contributed by atoms with van der Waals surface area (Å²) in [5.41, 5.74) is 8.39. The van der Waals surface area contributed by atoms with Gasteiger partial charge >= 0.3 is 0 Å². The molecule has 1 aliphatic rings. The number of halogens is 1. The summed E-state index contributed by atoms with van der Waals surface area (Å²) in [4.78, 5) is 0. The molecule has 0 saturated heterocycles. The zero-order valence-corrected chi connectivity index (χ0v) is 11.2. The minimum Gasteiger partial charge on any atom is -0.490 e. The largest absolute Gasteiger partial charge is 0.490 e. The van der Waals surface area contributed by atoms with Crippen molar-refractivity contribution in [1.82, 2.24) is 0 Å². The molecule has 4 heteroatoms. The van der Waals surface area contributed by atoms with Crippen molar-refractivity contribution in [2.45, 2.75) is 19.4 Å². The van der Waals surface area contributed by atoms with Crippen molar-refractivity contribution in [2.75, 3.05) is 12.3 Å². The van der Waals surface area contributed by atoms with Crippen molar-refractivity contribution in [3.8, 4) is 11.5 Å². The van der Waals surface area contributed by atoms with Gasteiger partial charge in [-0.15, -0.1) is 0 Å². The number of fused-ring (bicyclic) bond motifs is 1. The van der Waals surface area contributed by atoms with Crippen molar-refractivity contribution < 1.29 is 13.9 Å². The van der Waals surface area contributed by atoms with Gasteiger partial charge in [0.2, 0.25) is 0 Å². The Hall–Kier alpha value is -2.23. The molecule has 2 N–H and O–H groups in total. The van der Waals surface area contributed by atoms with Crippen molar-refractivity contribution in [1.29, 1.82) is 0 Å². The Kier molecular flexibility index (Phi) is 3.22. The average Bonchev–Trinajstić information content (AvgIpc) is 2.82. The van der Waals surface area contributed by atoms with Crippen molar-refractivity contribution in [3.63, 3.8) is 0 Å². The molecule has 3 nitrogen and oxygen atoms in total. The van der Waals surface area contributed by atoms with Crippen LogP contribution in [0.4, 0.5) is 10.1 Å². The maximum Gasteiger partial charge on any atom is 0.137 e. The van der Waals surface area contributed by atoms with Gasteiger partial charge in [0, 0.05) is 17.7 Å². The van der Waals surface area contributed by atoms with E-state index in [9.17, 15) is 4.39 Å². The number of anilines is 1. The number of nitrogens with two attached hydrogens (primary N) is 1. The Balaban J connectivity index is 1.62. The van der Waals surface area contributed by atoms with Crippen LogP contribution in [-0.2, 0) is 6.42 Å². The predicted molar refractivity (Wildman–Crippen MR) is 75.6 cm³/mol. The first-order chi connectivity index (χ1) is 9.61. The molecule has 0 amide bonds. The number of nitrogen functional groups attached to an aromatic ring is 1. The first-order valence-corrected chi connectivity index (χ1v) is 6.56. The molecule has 1 unspecified atom stereocenters. The normalized spacial score (nSPS) is 16.6. The maximum absolute atomic E-state index is 13.1. The fourth-order valence-electron chi connectivity index (χ4n) is 2.31. The van der Waals surface area contributed by atoms with Crippen LogP contribution >= 0.6 is 0 Å². The second-order valence-corrected chi connectivity index (χ2v) is 5.03. The summed E-state index contributed by atoms with van der Waals surface area (Å²) in [5.74, 6) is 1.28. The van der Waals surface area contributed by atoms with Crippen molar-refractivity contribution in [3.05, 3.63) is 53.3 Å². The second-order valence-electron chi connectivity index (χ2n) is 5.03. The molecule has 1 atom stereocenters. The summed E-state index contributed by atoms with van der Waals surface area (Å²) >= 11 is 0. The third-order valence-electron chi connectivity index (χ3n) is 3.44. The number of rotatable bonds is 3. The number of ether oxygens (including phenoxy) is 2. The molecule has 0 aromatic heterocycles. The molecule has 0 aliphatic carbocycles. The van der Waals surface area contributed by atoms with Gasteiger partial charge in [0.1, 0.15) is 30.0 Å². The Morgan fingerprint density at radius 3 is 2.95 bits per heavy atom. The fourth-order valence-corrected chi connectivity index (χ4v) is 2.31. The second kappa shape index (κ2) is 5.04. The number of benzene rings is 2. The first kappa shape index (κ1) is 12.8. The standard InChI is InChI=1S/C16H16FNO2/c1-10-6-13(3-4-15(10)18)19-9-14-8-11-7-12(17)2-5-16(11)20-14/h2-7,14H,8-9,18H2,1H3. The van der Waals surface area contributed by atoms with Gasteiger partial charge in [-0.3, -0.25) is 0 Å². The minimum absolute atomic E-state index is 0.0790. The third kappa shape index (κ3) is 2.54. The van der Waals surface area contributed by atoms with Gasteiger partial charge in [-0.25, -0.2) is 4.39 Å². The molecule has 0 spiro atoms. The lowest BCUT2D eigenvalue weighted by Crippen LogP contribution is -2.22.